The van der Waals surface area contributed by atoms with E-state index >= 15 is 4.39 Å². The van der Waals surface area contributed by atoms with Gasteiger partial charge in [0.2, 0.25) is 5.43 Å². The molecule has 2 aromatic heterocycles. The summed E-state index contributed by atoms with van der Waals surface area (Å²) in [5.74, 6) is -0.769. The largest absolute Gasteiger partial charge is 0.477 e. The molecule has 1 unspecified atom stereocenters. The molecule has 1 atom stereocenters. The molecule has 166 valence electrons. The fourth-order valence-corrected chi connectivity index (χ4v) is 4.31. The predicted octanol–water partition coefficient (Wildman–Crippen LogP) is 1.48. The average molecular weight is 440 g/mol. The zero-order valence-electron chi connectivity index (χ0n) is 17.3. The maximum absolute atomic E-state index is 15.3. The van der Waals surface area contributed by atoms with Crippen molar-refractivity contribution in [3.8, 4) is 5.75 Å². The maximum Gasteiger partial charge on any atom is 0.341 e. The third-order valence-corrected chi connectivity index (χ3v) is 5.88. The molecule has 1 fully saturated rings. The lowest BCUT2D eigenvalue weighted by Crippen LogP contribution is -2.40. The molecule has 1 aromatic carbocycles. The van der Waals surface area contributed by atoms with Crippen molar-refractivity contribution in [1.82, 2.24) is 14.6 Å². The smallest absolute Gasteiger partial charge is 0.341 e. The Morgan fingerprint density at radius 3 is 3.00 bits per heavy atom. The summed E-state index contributed by atoms with van der Waals surface area (Å²) in [6.07, 6.45) is 6.97. The number of carboxylic acids is 1. The third-order valence-electron chi connectivity index (χ3n) is 5.88. The SMILES string of the molecule is CN1COc2c(N3CCC(CNc4cnccn4)C3)c(F)cc3c(=O)c(C(=O)O)cn1c23. The van der Waals surface area contributed by atoms with E-state index in [-0.39, 0.29) is 23.8 Å². The Balaban J connectivity index is 1.50. The van der Waals surface area contributed by atoms with Crippen LogP contribution in [0.5, 0.6) is 5.75 Å². The van der Waals surface area contributed by atoms with E-state index in [4.69, 9.17) is 4.74 Å². The van der Waals surface area contributed by atoms with Gasteiger partial charge in [-0.3, -0.25) is 19.5 Å². The molecular weight excluding hydrogens is 419 g/mol. The van der Waals surface area contributed by atoms with Crippen LogP contribution in [0.1, 0.15) is 16.8 Å². The summed E-state index contributed by atoms with van der Waals surface area (Å²) >= 11 is 0. The number of benzene rings is 1. The Labute approximate surface area is 181 Å². The number of hydrogen-bond acceptors (Lipinski definition) is 8. The summed E-state index contributed by atoms with van der Waals surface area (Å²) in [4.78, 5) is 34.4. The number of nitrogens with zero attached hydrogens (tertiary/aromatic N) is 5. The van der Waals surface area contributed by atoms with Crippen molar-refractivity contribution in [3.05, 3.63) is 52.5 Å². The van der Waals surface area contributed by atoms with Crippen molar-refractivity contribution in [2.24, 2.45) is 5.92 Å². The molecular formula is C21H21FN6O4. The summed E-state index contributed by atoms with van der Waals surface area (Å²) in [7, 11) is 1.70. The molecule has 2 aliphatic heterocycles. The Kier molecular flexibility index (Phi) is 4.80. The molecule has 32 heavy (non-hydrogen) atoms. The van der Waals surface area contributed by atoms with Crippen LogP contribution < -0.4 is 25.4 Å². The van der Waals surface area contributed by atoms with Crippen molar-refractivity contribution >= 4 is 28.4 Å². The molecule has 4 heterocycles. The van der Waals surface area contributed by atoms with Crippen molar-refractivity contribution in [2.45, 2.75) is 6.42 Å². The first kappa shape index (κ1) is 20.0. The number of nitrogens with one attached hydrogen (secondary N) is 1. The lowest BCUT2D eigenvalue weighted by atomic mass is 10.1. The highest BCUT2D eigenvalue weighted by Crippen LogP contribution is 2.41. The molecule has 3 aromatic rings. The van der Waals surface area contributed by atoms with E-state index in [0.717, 1.165) is 12.5 Å². The second kappa shape index (κ2) is 7.66. The minimum atomic E-state index is -1.36. The number of anilines is 2. The van der Waals surface area contributed by atoms with E-state index in [0.29, 0.717) is 36.7 Å². The normalized spacial score (nSPS) is 17.5. The zero-order valence-corrected chi connectivity index (χ0v) is 17.3. The second-order valence-corrected chi connectivity index (χ2v) is 7.96. The molecule has 0 amide bonds. The summed E-state index contributed by atoms with van der Waals surface area (Å²) in [6.45, 7) is 1.97. The quantitative estimate of drug-likeness (QED) is 0.609. The number of halogens is 1. The minimum absolute atomic E-state index is 0.0206. The molecule has 0 saturated carbocycles. The molecule has 5 rings (SSSR count). The first-order chi connectivity index (χ1) is 15.4. The maximum atomic E-state index is 15.3. The van der Waals surface area contributed by atoms with Crippen molar-refractivity contribution < 1.29 is 19.0 Å². The summed E-state index contributed by atoms with van der Waals surface area (Å²) in [6, 6.07) is 1.12. The van der Waals surface area contributed by atoms with E-state index < -0.39 is 22.8 Å². The van der Waals surface area contributed by atoms with Gasteiger partial charge in [-0.2, -0.15) is 0 Å². The molecule has 2 aliphatic rings. The van der Waals surface area contributed by atoms with Crippen molar-refractivity contribution in [2.75, 3.05) is 48.6 Å². The van der Waals surface area contributed by atoms with E-state index in [1.807, 2.05) is 4.90 Å². The van der Waals surface area contributed by atoms with E-state index in [2.05, 4.69) is 15.3 Å². The lowest BCUT2D eigenvalue weighted by Gasteiger charge is -2.33. The van der Waals surface area contributed by atoms with Gasteiger partial charge < -0.3 is 20.1 Å². The summed E-state index contributed by atoms with van der Waals surface area (Å²) in [5, 5.41) is 14.3. The number of hydrogen-bond donors (Lipinski definition) is 2. The number of carbonyl (C=O) groups is 1. The fourth-order valence-electron chi connectivity index (χ4n) is 4.31. The highest BCUT2D eigenvalue weighted by Gasteiger charge is 2.32. The predicted molar refractivity (Wildman–Crippen MR) is 116 cm³/mol. The van der Waals surface area contributed by atoms with Crippen LogP contribution in [0.3, 0.4) is 0 Å². The van der Waals surface area contributed by atoms with Gasteiger partial charge in [-0.25, -0.2) is 14.2 Å². The highest BCUT2D eigenvalue weighted by atomic mass is 19.1. The lowest BCUT2D eigenvalue weighted by molar-refractivity contribution is 0.0694. The Morgan fingerprint density at radius 1 is 1.41 bits per heavy atom. The number of aromatic nitrogens is 3. The molecule has 11 heteroatoms. The number of carboxylic acid groups (broad SMARTS) is 1. The van der Waals surface area contributed by atoms with E-state index in [1.54, 1.807) is 35.3 Å². The molecule has 10 nitrogen and oxygen atoms in total. The van der Waals surface area contributed by atoms with Gasteiger partial charge in [0.25, 0.3) is 0 Å². The van der Waals surface area contributed by atoms with Crippen LogP contribution in [0.2, 0.25) is 0 Å². The van der Waals surface area contributed by atoms with Crippen LogP contribution in [0.25, 0.3) is 10.9 Å². The van der Waals surface area contributed by atoms with E-state index in [1.165, 1.54) is 6.20 Å². The standard InChI is InChI=1S/C21H21FN6O4/c1-26-11-32-20-17-13(19(29)14(21(30)31)10-28(17)26)6-15(22)18(20)27-5-2-12(9-27)7-25-16-8-23-3-4-24-16/h3-4,6,8,10,12H,2,5,7,9,11H2,1H3,(H,24,25)(H,30,31). The molecule has 0 spiro atoms. The van der Waals surface area contributed by atoms with Gasteiger partial charge in [-0.1, -0.05) is 0 Å². The van der Waals surface area contributed by atoms with Crippen LogP contribution >= 0.6 is 0 Å². The van der Waals surface area contributed by atoms with Crippen molar-refractivity contribution in [1.29, 1.82) is 0 Å². The molecule has 2 N–H and O–H groups in total. The Bertz CT molecular complexity index is 1260. The van der Waals surface area contributed by atoms with Gasteiger partial charge in [0, 0.05) is 45.3 Å². The highest BCUT2D eigenvalue weighted by molar-refractivity contribution is 5.97. The first-order valence-electron chi connectivity index (χ1n) is 10.2. The number of aromatic carboxylic acids is 1. The molecule has 0 radical (unpaired) electrons. The van der Waals surface area contributed by atoms with Crippen LogP contribution in [-0.2, 0) is 0 Å². The minimum Gasteiger partial charge on any atom is -0.477 e. The van der Waals surface area contributed by atoms with Crippen LogP contribution in [0, 0.1) is 11.7 Å². The van der Waals surface area contributed by atoms with Gasteiger partial charge in [0.1, 0.15) is 22.6 Å². The Morgan fingerprint density at radius 2 is 2.25 bits per heavy atom. The van der Waals surface area contributed by atoms with E-state index in [9.17, 15) is 14.7 Å². The molecule has 0 aliphatic carbocycles. The van der Waals surface area contributed by atoms with Gasteiger partial charge in [-0.15, -0.1) is 0 Å². The van der Waals surface area contributed by atoms with Crippen LogP contribution in [0.4, 0.5) is 15.9 Å². The molecule has 1 saturated heterocycles. The summed E-state index contributed by atoms with van der Waals surface area (Å²) in [5.41, 5.74) is -0.488. The average Bonchev–Trinajstić information content (AvgIpc) is 3.25. The van der Waals surface area contributed by atoms with Gasteiger partial charge in [-0.05, 0) is 18.4 Å². The number of pyridine rings is 1. The topological polar surface area (TPSA) is 113 Å². The third kappa shape index (κ3) is 3.26. The molecule has 0 bridgehead atoms. The zero-order chi connectivity index (χ0) is 22.4. The van der Waals surface area contributed by atoms with Gasteiger partial charge >= 0.3 is 5.97 Å². The van der Waals surface area contributed by atoms with Crippen LogP contribution in [0.15, 0.2) is 35.6 Å². The Hall–Kier alpha value is -3.89. The van der Waals surface area contributed by atoms with Crippen LogP contribution in [-0.4, -0.2) is 59.1 Å². The fraction of sp³-hybridized carbons (Fsp3) is 0.333. The second-order valence-electron chi connectivity index (χ2n) is 7.96. The van der Waals surface area contributed by atoms with Gasteiger partial charge in [0.15, 0.2) is 18.3 Å². The first-order valence-corrected chi connectivity index (χ1v) is 10.2. The number of rotatable bonds is 5. The monoisotopic (exact) mass is 440 g/mol. The summed E-state index contributed by atoms with van der Waals surface area (Å²) < 4.78 is 22.7. The van der Waals surface area contributed by atoms with Gasteiger partial charge in [0.05, 0.1) is 11.6 Å². The van der Waals surface area contributed by atoms with Crippen molar-refractivity contribution in [3.63, 3.8) is 0 Å². The number of ether oxygens (including phenoxy) is 1.